The summed E-state index contributed by atoms with van der Waals surface area (Å²) < 4.78 is 5.41. The molecule has 0 spiro atoms. The highest BCUT2D eigenvalue weighted by atomic mass is 16.5. The third-order valence-corrected chi connectivity index (χ3v) is 3.98. The maximum absolute atomic E-state index is 11.1. The van der Waals surface area contributed by atoms with Crippen molar-refractivity contribution in [1.82, 2.24) is 5.32 Å². The molecule has 0 heterocycles. The van der Waals surface area contributed by atoms with Crippen LogP contribution in [-0.4, -0.2) is 18.6 Å². The molecule has 0 unspecified atom stereocenters. The molecular formula is C16H21N3O2. The van der Waals surface area contributed by atoms with Crippen LogP contribution >= 0.6 is 0 Å². The first-order valence-corrected chi connectivity index (χ1v) is 7.31. The summed E-state index contributed by atoms with van der Waals surface area (Å²) in [5, 5.41) is 12.1. The van der Waals surface area contributed by atoms with Crippen molar-refractivity contribution in [3.8, 4) is 11.8 Å². The molecule has 1 aromatic rings. The van der Waals surface area contributed by atoms with Gasteiger partial charge >= 0.3 is 0 Å². The fraction of sp³-hybridized carbons (Fsp3) is 0.500. The van der Waals surface area contributed by atoms with E-state index in [1.165, 1.54) is 0 Å². The Morgan fingerprint density at radius 2 is 2.05 bits per heavy atom. The summed E-state index contributed by atoms with van der Waals surface area (Å²) in [6, 6.07) is 10.1. The van der Waals surface area contributed by atoms with Crippen LogP contribution in [0.1, 0.15) is 31.2 Å². The molecule has 21 heavy (non-hydrogen) atoms. The van der Waals surface area contributed by atoms with Crippen molar-refractivity contribution in [2.24, 2.45) is 11.7 Å². The summed E-state index contributed by atoms with van der Waals surface area (Å²) in [6.45, 7) is 0.758. The third kappa shape index (κ3) is 4.47. The SMILES string of the molecule is N#CCOc1ccccc1CNC1CCC(C(N)=O)CC1. The Bertz CT molecular complexity index is 516. The van der Waals surface area contributed by atoms with Gasteiger partial charge in [0.25, 0.3) is 0 Å². The van der Waals surface area contributed by atoms with Crippen LogP contribution in [0, 0.1) is 17.2 Å². The van der Waals surface area contributed by atoms with Crippen molar-refractivity contribution < 1.29 is 9.53 Å². The van der Waals surface area contributed by atoms with E-state index in [1.54, 1.807) is 0 Å². The second-order valence-electron chi connectivity index (χ2n) is 5.39. The summed E-state index contributed by atoms with van der Waals surface area (Å²) in [7, 11) is 0. The van der Waals surface area contributed by atoms with Gasteiger partial charge in [-0.1, -0.05) is 18.2 Å². The van der Waals surface area contributed by atoms with Crippen LogP contribution in [0.3, 0.4) is 0 Å². The Hall–Kier alpha value is -2.06. The predicted molar refractivity (Wildman–Crippen MR) is 79.3 cm³/mol. The van der Waals surface area contributed by atoms with Crippen molar-refractivity contribution in [3.05, 3.63) is 29.8 Å². The molecule has 0 bridgehead atoms. The molecule has 1 aromatic carbocycles. The van der Waals surface area contributed by atoms with Crippen LogP contribution in [-0.2, 0) is 11.3 Å². The van der Waals surface area contributed by atoms with E-state index in [0.29, 0.717) is 12.6 Å². The molecule has 5 nitrogen and oxygen atoms in total. The summed E-state index contributed by atoms with van der Waals surface area (Å²) in [5.74, 6) is 0.607. The second-order valence-corrected chi connectivity index (χ2v) is 5.39. The van der Waals surface area contributed by atoms with Gasteiger partial charge in [-0.2, -0.15) is 5.26 Å². The van der Waals surface area contributed by atoms with Gasteiger partial charge in [-0.25, -0.2) is 0 Å². The third-order valence-electron chi connectivity index (χ3n) is 3.98. The average Bonchev–Trinajstić information content (AvgIpc) is 2.52. The number of nitrogens with zero attached hydrogens (tertiary/aromatic N) is 1. The van der Waals surface area contributed by atoms with Gasteiger partial charge in [0.05, 0.1) is 0 Å². The van der Waals surface area contributed by atoms with E-state index in [4.69, 9.17) is 15.7 Å². The van der Waals surface area contributed by atoms with Crippen molar-refractivity contribution in [2.75, 3.05) is 6.61 Å². The number of rotatable bonds is 6. The smallest absolute Gasteiger partial charge is 0.220 e. The molecule has 1 aliphatic carbocycles. The number of benzene rings is 1. The molecule has 0 saturated heterocycles. The summed E-state index contributed by atoms with van der Waals surface area (Å²) >= 11 is 0. The molecule has 1 fully saturated rings. The molecule has 112 valence electrons. The molecule has 1 aliphatic rings. The van der Waals surface area contributed by atoms with Crippen LogP contribution in [0.25, 0.3) is 0 Å². The zero-order valence-corrected chi connectivity index (χ0v) is 12.0. The number of primary amides is 1. The normalized spacial score (nSPS) is 21.5. The molecule has 3 N–H and O–H groups in total. The van der Waals surface area contributed by atoms with E-state index >= 15 is 0 Å². The zero-order valence-electron chi connectivity index (χ0n) is 12.0. The number of nitrogens with one attached hydrogen (secondary N) is 1. The maximum atomic E-state index is 11.1. The molecule has 2 rings (SSSR count). The van der Waals surface area contributed by atoms with Crippen LogP contribution in [0.5, 0.6) is 5.75 Å². The van der Waals surface area contributed by atoms with Gasteiger partial charge in [-0.3, -0.25) is 4.79 Å². The Labute approximate surface area is 125 Å². The lowest BCUT2D eigenvalue weighted by molar-refractivity contribution is -0.122. The number of ether oxygens (including phenoxy) is 1. The first kappa shape index (κ1) is 15.3. The Morgan fingerprint density at radius 1 is 1.33 bits per heavy atom. The number of carbonyl (C=O) groups is 1. The van der Waals surface area contributed by atoms with E-state index in [9.17, 15) is 4.79 Å². The molecule has 0 aliphatic heterocycles. The lowest BCUT2D eigenvalue weighted by Crippen LogP contribution is -2.36. The monoisotopic (exact) mass is 287 g/mol. The van der Waals surface area contributed by atoms with E-state index < -0.39 is 0 Å². The highest BCUT2D eigenvalue weighted by molar-refractivity contribution is 5.76. The van der Waals surface area contributed by atoms with Gasteiger partial charge in [0, 0.05) is 24.1 Å². The van der Waals surface area contributed by atoms with Gasteiger partial charge < -0.3 is 15.8 Å². The van der Waals surface area contributed by atoms with Crippen LogP contribution in [0.2, 0.25) is 0 Å². The Balaban J connectivity index is 1.84. The minimum Gasteiger partial charge on any atom is -0.478 e. The minimum absolute atomic E-state index is 0.0364. The highest BCUT2D eigenvalue weighted by Gasteiger charge is 2.24. The van der Waals surface area contributed by atoms with Gasteiger partial charge in [0.2, 0.25) is 5.91 Å². The fourth-order valence-corrected chi connectivity index (χ4v) is 2.74. The molecule has 5 heteroatoms. The van der Waals surface area contributed by atoms with Gasteiger partial charge in [0.15, 0.2) is 6.61 Å². The molecule has 0 radical (unpaired) electrons. The number of amides is 1. The van der Waals surface area contributed by atoms with Crippen LogP contribution in [0.15, 0.2) is 24.3 Å². The fourth-order valence-electron chi connectivity index (χ4n) is 2.74. The summed E-state index contributed by atoms with van der Waals surface area (Å²) in [6.07, 6.45) is 3.66. The second kappa shape index (κ2) is 7.65. The van der Waals surface area contributed by atoms with Gasteiger partial charge in [-0.05, 0) is 31.7 Å². The van der Waals surface area contributed by atoms with E-state index in [-0.39, 0.29) is 18.4 Å². The van der Waals surface area contributed by atoms with Crippen molar-refractivity contribution in [3.63, 3.8) is 0 Å². The Morgan fingerprint density at radius 3 is 2.71 bits per heavy atom. The first-order valence-electron chi connectivity index (χ1n) is 7.31. The van der Waals surface area contributed by atoms with Crippen molar-refractivity contribution in [1.29, 1.82) is 5.26 Å². The lowest BCUT2D eigenvalue weighted by atomic mass is 9.85. The van der Waals surface area contributed by atoms with Crippen molar-refractivity contribution in [2.45, 2.75) is 38.3 Å². The zero-order chi connectivity index (χ0) is 15.1. The topological polar surface area (TPSA) is 88.1 Å². The largest absolute Gasteiger partial charge is 0.478 e. The van der Waals surface area contributed by atoms with Gasteiger partial charge in [0.1, 0.15) is 11.8 Å². The summed E-state index contributed by atoms with van der Waals surface area (Å²) in [5.41, 5.74) is 6.39. The molecule has 1 amide bonds. The lowest BCUT2D eigenvalue weighted by Gasteiger charge is -2.27. The number of nitrogens with two attached hydrogens (primary N) is 1. The highest BCUT2D eigenvalue weighted by Crippen LogP contribution is 2.25. The quantitative estimate of drug-likeness (QED) is 0.834. The number of nitriles is 1. The molecule has 1 saturated carbocycles. The van der Waals surface area contributed by atoms with E-state index in [2.05, 4.69) is 5.32 Å². The van der Waals surface area contributed by atoms with E-state index in [1.807, 2.05) is 30.3 Å². The number of hydrogen-bond donors (Lipinski definition) is 2. The number of carbonyl (C=O) groups excluding carboxylic acids is 1. The molecule has 0 atom stereocenters. The van der Waals surface area contributed by atoms with Crippen LogP contribution < -0.4 is 15.8 Å². The van der Waals surface area contributed by atoms with Crippen LogP contribution in [0.4, 0.5) is 0 Å². The first-order chi connectivity index (χ1) is 10.2. The standard InChI is InChI=1S/C16H21N3O2/c17-9-10-21-15-4-2-1-3-13(15)11-19-14-7-5-12(6-8-14)16(18)20/h1-4,12,14,19H,5-8,10-11H2,(H2,18,20). The minimum atomic E-state index is -0.177. The van der Waals surface area contributed by atoms with Crippen molar-refractivity contribution >= 4 is 5.91 Å². The number of hydrogen-bond acceptors (Lipinski definition) is 4. The van der Waals surface area contributed by atoms with Gasteiger partial charge in [-0.15, -0.1) is 0 Å². The Kier molecular flexibility index (Phi) is 5.59. The average molecular weight is 287 g/mol. The number of para-hydroxylation sites is 1. The summed E-state index contributed by atoms with van der Waals surface area (Å²) in [4.78, 5) is 11.1. The maximum Gasteiger partial charge on any atom is 0.220 e. The predicted octanol–water partition coefficient (Wildman–Crippen LogP) is 1.72. The molecule has 0 aromatic heterocycles. The molecular weight excluding hydrogens is 266 g/mol. The van der Waals surface area contributed by atoms with E-state index in [0.717, 1.165) is 37.0 Å².